The molecule has 0 spiro atoms. The first-order valence-electron chi connectivity index (χ1n) is 3.42. The Labute approximate surface area is 77.3 Å². The number of aromatic amines is 1. The Hall–Kier alpha value is -1.00. The fourth-order valence-electron chi connectivity index (χ4n) is 0.918. The van der Waals surface area contributed by atoms with Crippen LogP contribution in [-0.2, 0) is 13.0 Å². The first-order valence-corrected chi connectivity index (χ1v) is 3.42. The standard InChI is InChI=1S/C7H12N4.ClH/c8-4-6-2-1-5(11-6)3-7(9)10;/h1-2,11H,3-4,8H2,(H3,9,10);1H. The summed E-state index contributed by atoms with van der Waals surface area (Å²) in [6.45, 7) is 0.498. The van der Waals surface area contributed by atoms with Gasteiger partial charge in [0.05, 0.1) is 5.84 Å². The van der Waals surface area contributed by atoms with Crippen LogP contribution >= 0.6 is 12.4 Å². The SMILES string of the molecule is Cl.N=C(N)Cc1ccc(CN)[nH]1. The van der Waals surface area contributed by atoms with Gasteiger partial charge in [0.25, 0.3) is 0 Å². The first kappa shape index (κ1) is 11.0. The molecule has 0 aliphatic heterocycles. The van der Waals surface area contributed by atoms with Crippen LogP contribution in [0.2, 0.25) is 0 Å². The number of nitrogens with two attached hydrogens (primary N) is 2. The lowest BCUT2D eigenvalue weighted by atomic mass is 10.3. The van der Waals surface area contributed by atoms with Crippen molar-refractivity contribution in [3.63, 3.8) is 0 Å². The Bertz CT molecular complexity index is 256. The van der Waals surface area contributed by atoms with Gasteiger partial charge in [0.2, 0.25) is 0 Å². The van der Waals surface area contributed by atoms with Gasteiger partial charge in [-0.2, -0.15) is 0 Å². The Morgan fingerprint density at radius 3 is 2.42 bits per heavy atom. The van der Waals surface area contributed by atoms with Gasteiger partial charge in [0.1, 0.15) is 0 Å². The summed E-state index contributed by atoms with van der Waals surface area (Å²) in [5.74, 6) is 0.162. The number of halogens is 1. The first-order chi connectivity index (χ1) is 5.22. The van der Waals surface area contributed by atoms with E-state index in [1.807, 2.05) is 12.1 Å². The molecule has 0 atom stereocenters. The summed E-state index contributed by atoms with van der Waals surface area (Å²) in [4.78, 5) is 3.05. The smallest absolute Gasteiger partial charge is 0.0965 e. The minimum atomic E-state index is 0. The second kappa shape index (κ2) is 4.79. The molecule has 0 radical (unpaired) electrons. The van der Waals surface area contributed by atoms with E-state index in [2.05, 4.69) is 4.98 Å². The van der Waals surface area contributed by atoms with Crippen LogP contribution in [-0.4, -0.2) is 10.8 Å². The molecular weight excluding hydrogens is 176 g/mol. The van der Waals surface area contributed by atoms with E-state index in [0.29, 0.717) is 13.0 Å². The lowest BCUT2D eigenvalue weighted by Crippen LogP contribution is -2.12. The zero-order chi connectivity index (χ0) is 8.27. The van der Waals surface area contributed by atoms with E-state index >= 15 is 0 Å². The van der Waals surface area contributed by atoms with Gasteiger partial charge in [-0.05, 0) is 12.1 Å². The molecule has 12 heavy (non-hydrogen) atoms. The van der Waals surface area contributed by atoms with E-state index in [4.69, 9.17) is 16.9 Å². The van der Waals surface area contributed by atoms with Gasteiger partial charge in [-0.1, -0.05) is 0 Å². The molecule has 0 aliphatic carbocycles. The molecule has 1 heterocycles. The summed E-state index contributed by atoms with van der Waals surface area (Å²) in [6, 6.07) is 3.79. The Morgan fingerprint density at radius 2 is 2.00 bits per heavy atom. The largest absolute Gasteiger partial charge is 0.387 e. The van der Waals surface area contributed by atoms with Gasteiger partial charge in [0.15, 0.2) is 0 Å². The van der Waals surface area contributed by atoms with Crippen LogP contribution < -0.4 is 11.5 Å². The number of hydrogen-bond donors (Lipinski definition) is 4. The van der Waals surface area contributed by atoms with Gasteiger partial charge in [0, 0.05) is 24.4 Å². The zero-order valence-corrected chi connectivity index (χ0v) is 7.45. The van der Waals surface area contributed by atoms with Gasteiger partial charge >= 0.3 is 0 Å². The quantitative estimate of drug-likeness (QED) is 0.408. The molecule has 5 heteroatoms. The van der Waals surface area contributed by atoms with Crippen molar-refractivity contribution in [1.82, 2.24) is 4.98 Å². The Balaban J connectivity index is 0.00000121. The van der Waals surface area contributed by atoms with E-state index in [1.54, 1.807) is 0 Å². The van der Waals surface area contributed by atoms with E-state index in [1.165, 1.54) is 0 Å². The highest BCUT2D eigenvalue weighted by atomic mass is 35.5. The third kappa shape index (κ3) is 2.94. The highest BCUT2D eigenvalue weighted by Crippen LogP contribution is 2.00. The van der Waals surface area contributed by atoms with E-state index in [0.717, 1.165) is 11.4 Å². The summed E-state index contributed by atoms with van der Waals surface area (Å²) >= 11 is 0. The highest BCUT2D eigenvalue weighted by Gasteiger charge is 1.97. The van der Waals surface area contributed by atoms with Gasteiger partial charge < -0.3 is 16.5 Å². The molecule has 68 valence electrons. The number of H-pyrrole nitrogens is 1. The number of nitrogens with one attached hydrogen (secondary N) is 2. The van der Waals surface area contributed by atoms with Crippen LogP contribution in [0.15, 0.2) is 12.1 Å². The summed E-state index contributed by atoms with van der Waals surface area (Å²) in [5, 5.41) is 7.02. The van der Waals surface area contributed by atoms with Gasteiger partial charge in [-0.3, -0.25) is 5.41 Å². The molecule has 4 nitrogen and oxygen atoms in total. The molecule has 0 fully saturated rings. The molecular formula is C7H13ClN4. The van der Waals surface area contributed by atoms with Crippen LogP contribution in [0.5, 0.6) is 0 Å². The third-order valence-electron chi connectivity index (χ3n) is 1.41. The monoisotopic (exact) mass is 188 g/mol. The predicted octanol–water partition coefficient (Wildman–Crippen LogP) is 0.374. The lowest BCUT2D eigenvalue weighted by molar-refractivity contribution is 0.989. The Kier molecular flexibility index (Phi) is 4.39. The number of hydrogen-bond acceptors (Lipinski definition) is 2. The van der Waals surface area contributed by atoms with Crippen molar-refractivity contribution in [2.75, 3.05) is 0 Å². The van der Waals surface area contributed by atoms with E-state index in [-0.39, 0.29) is 18.2 Å². The minimum absolute atomic E-state index is 0. The molecule has 0 aromatic carbocycles. The average molecular weight is 189 g/mol. The third-order valence-corrected chi connectivity index (χ3v) is 1.41. The fourth-order valence-corrected chi connectivity index (χ4v) is 0.918. The second-order valence-corrected chi connectivity index (χ2v) is 2.41. The van der Waals surface area contributed by atoms with Crippen molar-refractivity contribution >= 4 is 18.2 Å². The fraction of sp³-hybridized carbons (Fsp3) is 0.286. The molecule has 0 bridgehead atoms. The summed E-state index contributed by atoms with van der Waals surface area (Å²) in [5.41, 5.74) is 12.5. The summed E-state index contributed by atoms with van der Waals surface area (Å²) in [6.07, 6.45) is 0.472. The van der Waals surface area contributed by atoms with Crippen LogP contribution in [0.3, 0.4) is 0 Å². The van der Waals surface area contributed by atoms with E-state index in [9.17, 15) is 0 Å². The Morgan fingerprint density at radius 1 is 1.42 bits per heavy atom. The molecule has 1 aromatic heterocycles. The molecule has 1 aromatic rings. The number of amidine groups is 1. The van der Waals surface area contributed by atoms with Crippen LogP contribution in [0.1, 0.15) is 11.4 Å². The molecule has 0 amide bonds. The summed E-state index contributed by atoms with van der Waals surface area (Å²) in [7, 11) is 0. The van der Waals surface area contributed by atoms with Crippen molar-refractivity contribution in [2.45, 2.75) is 13.0 Å². The van der Waals surface area contributed by atoms with Crippen LogP contribution in [0.25, 0.3) is 0 Å². The van der Waals surface area contributed by atoms with Crippen molar-refractivity contribution in [3.05, 3.63) is 23.5 Å². The zero-order valence-electron chi connectivity index (χ0n) is 6.63. The van der Waals surface area contributed by atoms with Crippen LogP contribution in [0, 0.1) is 5.41 Å². The number of rotatable bonds is 3. The normalized spacial score (nSPS) is 9.08. The maximum Gasteiger partial charge on any atom is 0.0965 e. The number of aromatic nitrogens is 1. The predicted molar refractivity (Wildman–Crippen MR) is 51.6 cm³/mol. The second-order valence-electron chi connectivity index (χ2n) is 2.41. The van der Waals surface area contributed by atoms with Crippen LogP contribution in [0.4, 0.5) is 0 Å². The summed E-state index contributed by atoms with van der Waals surface area (Å²) < 4.78 is 0. The minimum Gasteiger partial charge on any atom is -0.387 e. The van der Waals surface area contributed by atoms with Crippen molar-refractivity contribution in [3.8, 4) is 0 Å². The van der Waals surface area contributed by atoms with E-state index < -0.39 is 0 Å². The van der Waals surface area contributed by atoms with Crippen molar-refractivity contribution in [2.24, 2.45) is 11.5 Å². The van der Waals surface area contributed by atoms with Crippen molar-refractivity contribution < 1.29 is 0 Å². The molecule has 0 aliphatic rings. The lowest BCUT2D eigenvalue weighted by Gasteiger charge is -1.93. The average Bonchev–Trinajstić information content (AvgIpc) is 2.34. The molecule has 6 N–H and O–H groups in total. The maximum atomic E-state index is 7.02. The van der Waals surface area contributed by atoms with Gasteiger partial charge in [-0.25, -0.2) is 0 Å². The van der Waals surface area contributed by atoms with Gasteiger partial charge in [-0.15, -0.1) is 12.4 Å². The van der Waals surface area contributed by atoms with Crippen molar-refractivity contribution in [1.29, 1.82) is 5.41 Å². The molecule has 1 rings (SSSR count). The molecule has 0 saturated heterocycles. The highest BCUT2D eigenvalue weighted by molar-refractivity contribution is 5.85. The molecule has 0 unspecified atom stereocenters. The molecule has 0 saturated carbocycles. The topological polar surface area (TPSA) is 91.7 Å². The maximum absolute atomic E-state index is 7.02.